The fourth-order valence-corrected chi connectivity index (χ4v) is 1.67. The molecular formula is C14H16F4N2O3. The average molecular weight is 336 g/mol. The first-order valence-electron chi connectivity index (χ1n) is 6.81. The summed E-state index contributed by atoms with van der Waals surface area (Å²) in [5.41, 5.74) is -2.14. The second-order valence-electron chi connectivity index (χ2n) is 4.46. The number of amides is 2. The Morgan fingerprint density at radius 1 is 1.22 bits per heavy atom. The highest BCUT2D eigenvalue weighted by Crippen LogP contribution is 2.32. The van der Waals surface area contributed by atoms with Gasteiger partial charge in [0, 0.05) is 13.1 Å². The van der Waals surface area contributed by atoms with E-state index in [0.717, 1.165) is 12.1 Å². The highest BCUT2D eigenvalue weighted by atomic mass is 19.4. The van der Waals surface area contributed by atoms with Crippen LogP contribution >= 0.6 is 0 Å². The van der Waals surface area contributed by atoms with Crippen molar-refractivity contribution in [3.05, 3.63) is 35.1 Å². The van der Waals surface area contributed by atoms with Crippen molar-refractivity contribution in [1.82, 2.24) is 10.6 Å². The molecule has 5 nitrogen and oxygen atoms in total. The summed E-state index contributed by atoms with van der Waals surface area (Å²) in [6.45, 7) is 2.20. The fraction of sp³-hybridized carbons (Fsp3) is 0.429. The van der Waals surface area contributed by atoms with Crippen molar-refractivity contribution >= 4 is 12.0 Å². The predicted molar refractivity (Wildman–Crippen MR) is 73.4 cm³/mol. The number of benzene rings is 1. The zero-order valence-corrected chi connectivity index (χ0v) is 12.3. The number of esters is 1. The van der Waals surface area contributed by atoms with Crippen molar-refractivity contribution in [2.45, 2.75) is 19.5 Å². The molecule has 0 aliphatic heterocycles. The lowest BCUT2D eigenvalue weighted by atomic mass is 10.1. The number of carbonyl (C=O) groups is 2. The maximum Gasteiger partial charge on any atom is 0.417 e. The van der Waals surface area contributed by atoms with Gasteiger partial charge in [-0.1, -0.05) is 0 Å². The van der Waals surface area contributed by atoms with Crippen LogP contribution in [0.4, 0.5) is 22.4 Å². The molecule has 1 rings (SSSR count). The van der Waals surface area contributed by atoms with E-state index in [1.165, 1.54) is 0 Å². The Kier molecular flexibility index (Phi) is 6.80. The van der Waals surface area contributed by atoms with Crippen molar-refractivity contribution < 1.29 is 31.9 Å². The number of carbonyl (C=O) groups excluding carboxylic acids is 2. The first kappa shape index (κ1) is 18.7. The third-order valence-electron chi connectivity index (χ3n) is 2.68. The van der Waals surface area contributed by atoms with Crippen LogP contribution in [-0.2, 0) is 10.9 Å². The van der Waals surface area contributed by atoms with E-state index in [1.807, 2.05) is 0 Å². The summed E-state index contributed by atoms with van der Waals surface area (Å²) in [7, 11) is 0. The molecule has 0 atom stereocenters. The molecule has 0 aliphatic carbocycles. The van der Waals surface area contributed by atoms with Gasteiger partial charge in [0.1, 0.15) is 5.82 Å². The smallest absolute Gasteiger partial charge is 0.417 e. The summed E-state index contributed by atoms with van der Waals surface area (Å²) in [5, 5.41) is 4.95. The highest BCUT2D eigenvalue weighted by molar-refractivity contribution is 5.91. The molecule has 0 unspecified atom stereocenters. The monoisotopic (exact) mass is 336 g/mol. The topological polar surface area (TPSA) is 67.4 Å². The van der Waals surface area contributed by atoms with E-state index >= 15 is 0 Å². The lowest BCUT2D eigenvalue weighted by molar-refractivity contribution is -0.138. The Morgan fingerprint density at radius 2 is 1.91 bits per heavy atom. The maximum atomic E-state index is 12.9. The average Bonchev–Trinajstić information content (AvgIpc) is 2.46. The Hall–Kier alpha value is -2.32. The first-order chi connectivity index (χ1) is 10.8. The zero-order chi connectivity index (χ0) is 17.5. The Labute approximate surface area is 130 Å². The quantitative estimate of drug-likeness (QED) is 0.477. The minimum absolute atomic E-state index is 0.181. The van der Waals surface area contributed by atoms with E-state index in [0.29, 0.717) is 6.54 Å². The molecule has 0 bridgehead atoms. The standard InChI is InChI=1S/C14H16F4N2O3/c1-2-19-13(22)20-6-3-7-23-12(21)10-5-4-9(15)8-11(10)14(16,17)18/h4-5,8H,2-3,6-7H2,1H3,(H2,19,20,22). The maximum absolute atomic E-state index is 12.9. The number of urea groups is 1. The number of rotatable bonds is 6. The van der Waals surface area contributed by atoms with E-state index in [-0.39, 0.29) is 25.6 Å². The molecule has 1 aromatic rings. The van der Waals surface area contributed by atoms with Gasteiger partial charge in [0.25, 0.3) is 0 Å². The van der Waals surface area contributed by atoms with Crippen molar-refractivity contribution in [3.8, 4) is 0 Å². The molecule has 0 heterocycles. The fourth-order valence-electron chi connectivity index (χ4n) is 1.67. The predicted octanol–water partition coefficient (Wildman–Crippen LogP) is 2.71. The van der Waals surface area contributed by atoms with Gasteiger partial charge in [-0.05, 0) is 31.5 Å². The Balaban J connectivity index is 2.54. The molecular weight excluding hydrogens is 320 g/mol. The third-order valence-corrected chi connectivity index (χ3v) is 2.68. The van der Waals surface area contributed by atoms with E-state index in [2.05, 4.69) is 10.6 Å². The lowest BCUT2D eigenvalue weighted by Gasteiger charge is -2.12. The molecule has 0 saturated heterocycles. The molecule has 2 N–H and O–H groups in total. The minimum atomic E-state index is -4.86. The Bertz CT molecular complexity index is 561. The summed E-state index contributed by atoms with van der Waals surface area (Å²) < 4.78 is 55.9. The molecule has 128 valence electrons. The van der Waals surface area contributed by atoms with Crippen molar-refractivity contribution in [2.75, 3.05) is 19.7 Å². The van der Waals surface area contributed by atoms with Crippen LogP contribution in [0, 0.1) is 5.82 Å². The van der Waals surface area contributed by atoms with Gasteiger partial charge in [-0.15, -0.1) is 0 Å². The third kappa shape index (κ3) is 6.13. The molecule has 0 fully saturated rings. The number of halogens is 4. The normalized spacial score (nSPS) is 11.0. The molecule has 1 aromatic carbocycles. The van der Waals surface area contributed by atoms with Gasteiger partial charge in [-0.3, -0.25) is 0 Å². The van der Waals surface area contributed by atoms with E-state index in [9.17, 15) is 27.2 Å². The van der Waals surface area contributed by atoms with Crippen LogP contribution in [-0.4, -0.2) is 31.7 Å². The van der Waals surface area contributed by atoms with Crippen molar-refractivity contribution in [3.63, 3.8) is 0 Å². The van der Waals surface area contributed by atoms with Gasteiger partial charge >= 0.3 is 18.2 Å². The van der Waals surface area contributed by atoms with Crippen LogP contribution in [0.3, 0.4) is 0 Å². The summed E-state index contributed by atoms with van der Waals surface area (Å²) >= 11 is 0. The van der Waals surface area contributed by atoms with Gasteiger partial charge in [-0.2, -0.15) is 13.2 Å². The second-order valence-corrected chi connectivity index (χ2v) is 4.46. The van der Waals surface area contributed by atoms with Crippen LogP contribution in [0.1, 0.15) is 29.3 Å². The van der Waals surface area contributed by atoms with Crippen LogP contribution in [0.2, 0.25) is 0 Å². The van der Waals surface area contributed by atoms with E-state index in [4.69, 9.17) is 4.74 Å². The van der Waals surface area contributed by atoms with Gasteiger partial charge in [0.05, 0.1) is 17.7 Å². The van der Waals surface area contributed by atoms with E-state index < -0.39 is 35.1 Å². The van der Waals surface area contributed by atoms with Gasteiger partial charge < -0.3 is 15.4 Å². The van der Waals surface area contributed by atoms with Gasteiger partial charge in [0.15, 0.2) is 0 Å². The number of hydrogen-bond acceptors (Lipinski definition) is 3. The van der Waals surface area contributed by atoms with Crippen LogP contribution in [0.5, 0.6) is 0 Å². The SMILES string of the molecule is CCNC(=O)NCCCOC(=O)c1ccc(F)cc1C(F)(F)F. The van der Waals surface area contributed by atoms with E-state index in [1.54, 1.807) is 6.92 Å². The molecule has 0 aromatic heterocycles. The molecule has 23 heavy (non-hydrogen) atoms. The lowest BCUT2D eigenvalue weighted by Crippen LogP contribution is -2.36. The summed E-state index contributed by atoms with van der Waals surface area (Å²) in [6.07, 6.45) is -4.64. The largest absolute Gasteiger partial charge is 0.462 e. The molecule has 0 radical (unpaired) electrons. The zero-order valence-electron chi connectivity index (χ0n) is 12.3. The number of alkyl halides is 3. The van der Waals surface area contributed by atoms with Gasteiger partial charge in [-0.25, -0.2) is 14.0 Å². The molecule has 0 saturated carbocycles. The highest BCUT2D eigenvalue weighted by Gasteiger charge is 2.36. The van der Waals surface area contributed by atoms with Crippen molar-refractivity contribution in [1.29, 1.82) is 0 Å². The molecule has 2 amide bonds. The van der Waals surface area contributed by atoms with Crippen molar-refractivity contribution in [2.24, 2.45) is 0 Å². The minimum Gasteiger partial charge on any atom is -0.462 e. The second kappa shape index (κ2) is 8.35. The Morgan fingerprint density at radius 3 is 2.52 bits per heavy atom. The van der Waals surface area contributed by atoms with Crippen LogP contribution < -0.4 is 10.6 Å². The van der Waals surface area contributed by atoms with Crippen LogP contribution in [0.15, 0.2) is 18.2 Å². The first-order valence-corrected chi connectivity index (χ1v) is 6.81. The number of nitrogens with one attached hydrogen (secondary N) is 2. The molecule has 0 aliphatic rings. The summed E-state index contributed by atoms with van der Waals surface area (Å²) in [4.78, 5) is 22.7. The molecule has 9 heteroatoms. The summed E-state index contributed by atoms with van der Waals surface area (Å²) in [6, 6.07) is 1.33. The van der Waals surface area contributed by atoms with Crippen LogP contribution in [0.25, 0.3) is 0 Å². The van der Waals surface area contributed by atoms with Gasteiger partial charge in [0.2, 0.25) is 0 Å². The number of ether oxygens (including phenoxy) is 1. The molecule has 0 spiro atoms. The number of hydrogen-bond donors (Lipinski definition) is 2. The summed E-state index contributed by atoms with van der Waals surface area (Å²) in [5.74, 6) is -2.30.